The van der Waals surface area contributed by atoms with E-state index < -0.39 is 21.4 Å². The van der Waals surface area contributed by atoms with Gasteiger partial charge in [0.1, 0.15) is 5.37 Å². The fraction of sp³-hybridized carbons (Fsp3) is 0.182. The van der Waals surface area contributed by atoms with Crippen LogP contribution in [0.3, 0.4) is 0 Å². The average molecular weight is 565 g/mol. The number of hydrogen-bond donors (Lipinski definition) is 1. The van der Waals surface area contributed by atoms with Gasteiger partial charge in [-0.2, -0.15) is 4.31 Å². The molecular weight excluding hydrogens is 545 g/mol. The number of nitrogens with one attached hydrogen (secondary N) is 1. The van der Waals surface area contributed by atoms with Crippen molar-refractivity contribution in [2.24, 2.45) is 0 Å². The second kappa shape index (κ2) is 9.68. The maximum absolute atomic E-state index is 13.3. The van der Waals surface area contributed by atoms with Crippen molar-refractivity contribution in [1.82, 2.24) is 14.6 Å². The Kier molecular flexibility index (Phi) is 6.95. The Labute approximate surface area is 199 Å². The fourth-order valence-electron chi connectivity index (χ4n) is 3.38. The topological polar surface area (TPSA) is 79.4 Å². The van der Waals surface area contributed by atoms with E-state index >= 15 is 0 Å². The Bertz CT molecular complexity index is 1100. The van der Waals surface area contributed by atoms with Gasteiger partial charge in [-0.3, -0.25) is 9.78 Å². The van der Waals surface area contributed by atoms with E-state index in [1.807, 2.05) is 48.5 Å². The summed E-state index contributed by atoms with van der Waals surface area (Å²) in [7, 11) is -3.78. The summed E-state index contributed by atoms with van der Waals surface area (Å²) in [5.74, 6) is 0.206. The standard InChI is InChI=1S/C22H20IN3O3S2/c23-17-9-11-18(12-10-17)31(28,29)26-14-15-30-22(26)21(27)25-20(16-6-2-1-3-7-16)19-8-4-5-13-24-19/h1-13,20,22H,14-15H2,(H,25,27)/t20-,22+/m1/s1. The van der Waals surface area contributed by atoms with E-state index in [-0.39, 0.29) is 17.3 Å². The van der Waals surface area contributed by atoms with E-state index in [1.165, 1.54) is 16.1 Å². The van der Waals surface area contributed by atoms with Crippen LogP contribution in [0.4, 0.5) is 0 Å². The number of sulfonamides is 1. The first-order valence-corrected chi connectivity index (χ1v) is 13.2. The first-order chi connectivity index (χ1) is 15.0. The number of carbonyl (C=O) groups is 1. The highest BCUT2D eigenvalue weighted by atomic mass is 127. The molecule has 6 nitrogen and oxygen atoms in total. The minimum absolute atomic E-state index is 0.192. The molecule has 2 atom stereocenters. The van der Waals surface area contributed by atoms with Gasteiger partial charge in [0, 0.05) is 22.1 Å². The zero-order valence-corrected chi connectivity index (χ0v) is 20.2. The molecule has 2 aromatic carbocycles. The molecule has 0 bridgehead atoms. The minimum Gasteiger partial charge on any atom is -0.341 e. The van der Waals surface area contributed by atoms with Crippen molar-refractivity contribution in [3.8, 4) is 0 Å². The molecule has 0 spiro atoms. The minimum atomic E-state index is -3.78. The quantitative estimate of drug-likeness (QED) is 0.462. The lowest BCUT2D eigenvalue weighted by molar-refractivity contribution is -0.122. The SMILES string of the molecule is O=C(N[C@H](c1ccccc1)c1ccccn1)[C@@H]1SCCN1S(=O)(=O)c1ccc(I)cc1. The maximum atomic E-state index is 13.3. The number of aromatic nitrogens is 1. The smallest absolute Gasteiger partial charge is 0.249 e. The van der Waals surface area contributed by atoms with Crippen LogP contribution in [0.5, 0.6) is 0 Å². The molecule has 0 saturated carbocycles. The number of amides is 1. The van der Waals surface area contributed by atoms with Crippen molar-refractivity contribution in [2.45, 2.75) is 16.3 Å². The van der Waals surface area contributed by atoms with Crippen molar-refractivity contribution >= 4 is 50.3 Å². The van der Waals surface area contributed by atoms with Gasteiger partial charge in [-0.1, -0.05) is 36.4 Å². The number of pyridine rings is 1. The first-order valence-electron chi connectivity index (χ1n) is 9.62. The lowest BCUT2D eigenvalue weighted by Gasteiger charge is -2.25. The van der Waals surface area contributed by atoms with Crippen LogP contribution < -0.4 is 5.32 Å². The van der Waals surface area contributed by atoms with Gasteiger partial charge in [-0.05, 0) is 64.6 Å². The molecule has 1 aromatic heterocycles. The van der Waals surface area contributed by atoms with Crippen LogP contribution in [0, 0.1) is 3.57 Å². The predicted octanol–water partition coefficient (Wildman–Crippen LogP) is 3.66. The maximum Gasteiger partial charge on any atom is 0.249 e. The lowest BCUT2D eigenvalue weighted by Crippen LogP contribution is -2.46. The third-order valence-corrected chi connectivity index (χ3v) is 8.83. The van der Waals surface area contributed by atoms with Gasteiger partial charge < -0.3 is 5.32 Å². The molecule has 1 aliphatic heterocycles. The highest BCUT2D eigenvalue weighted by Crippen LogP contribution is 2.31. The van der Waals surface area contributed by atoms with Gasteiger partial charge in [0.15, 0.2) is 0 Å². The van der Waals surface area contributed by atoms with Crippen LogP contribution in [0.15, 0.2) is 83.9 Å². The van der Waals surface area contributed by atoms with Crippen molar-refractivity contribution in [1.29, 1.82) is 0 Å². The van der Waals surface area contributed by atoms with Gasteiger partial charge in [0.25, 0.3) is 0 Å². The molecule has 9 heteroatoms. The first kappa shape index (κ1) is 22.3. The summed E-state index contributed by atoms with van der Waals surface area (Å²) in [6.45, 7) is 0.288. The summed E-state index contributed by atoms with van der Waals surface area (Å²) in [5.41, 5.74) is 1.57. The van der Waals surface area contributed by atoms with E-state index in [0.717, 1.165) is 9.13 Å². The zero-order valence-electron chi connectivity index (χ0n) is 16.4. The number of carbonyl (C=O) groups excluding carboxylic acids is 1. The van der Waals surface area contributed by atoms with Crippen LogP contribution in [-0.2, 0) is 14.8 Å². The molecule has 1 aliphatic rings. The Morgan fingerprint density at radius 1 is 1.06 bits per heavy atom. The molecule has 0 unspecified atom stereocenters. The van der Waals surface area contributed by atoms with Gasteiger partial charge >= 0.3 is 0 Å². The largest absolute Gasteiger partial charge is 0.341 e. The van der Waals surface area contributed by atoms with E-state index in [4.69, 9.17) is 0 Å². The molecule has 0 aliphatic carbocycles. The Morgan fingerprint density at radius 3 is 2.45 bits per heavy atom. The second-order valence-electron chi connectivity index (χ2n) is 6.90. The van der Waals surface area contributed by atoms with Crippen LogP contribution in [-0.4, -0.2) is 41.3 Å². The summed E-state index contributed by atoms with van der Waals surface area (Å²) in [6, 6.07) is 21.2. The number of hydrogen-bond acceptors (Lipinski definition) is 5. The number of halogens is 1. The summed E-state index contributed by atoms with van der Waals surface area (Å²) < 4.78 is 28.6. The van der Waals surface area contributed by atoms with Crippen LogP contribution >= 0.6 is 34.4 Å². The number of nitrogens with zero attached hydrogens (tertiary/aromatic N) is 2. The van der Waals surface area contributed by atoms with E-state index in [2.05, 4.69) is 32.9 Å². The summed E-state index contributed by atoms with van der Waals surface area (Å²) in [5, 5.41) is 2.19. The second-order valence-corrected chi connectivity index (χ2v) is 11.2. The lowest BCUT2D eigenvalue weighted by atomic mass is 10.0. The van der Waals surface area contributed by atoms with Crippen molar-refractivity contribution < 1.29 is 13.2 Å². The van der Waals surface area contributed by atoms with E-state index in [0.29, 0.717) is 11.4 Å². The van der Waals surface area contributed by atoms with Crippen molar-refractivity contribution in [2.75, 3.05) is 12.3 Å². The zero-order chi connectivity index (χ0) is 21.8. The van der Waals surface area contributed by atoms with Gasteiger partial charge in [-0.15, -0.1) is 11.8 Å². The Morgan fingerprint density at radius 2 is 1.77 bits per heavy atom. The molecule has 3 aromatic rings. The molecule has 1 amide bonds. The fourth-order valence-corrected chi connectivity index (χ4v) is 6.83. The molecular formula is C22H20IN3O3S2. The van der Waals surface area contributed by atoms with Crippen molar-refractivity contribution in [3.05, 3.63) is 93.8 Å². The summed E-state index contributed by atoms with van der Waals surface area (Å²) in [6.07, 6.45) is 1.68. The molecule has 4 rings (SSSR count). The average Bonchev–Trinajstić information content (AvgIpc) is 3.30. The monoisotopic (exact) mass is 565 g/mol. The molecule has 1 saturated heterocycles. The predicted molar refractivity (Wildman–Crippen MR) is 130 cm³/mol. The van der Waals surface area contributed by atoms with E-state index in [9.17, 15) is 13.2 Å². The number of thioether (sulfide) groups is 1. The van der Waals surface area contributed by atoms with E-state index in [1.54, 1.807) is 30.5 Å². The van der Waals surface area contributed by atoms with Gasteiger partial charge in [-0.25, -0.2) is 8.42 Å². The van der Waals surface area contributed by atoms with Crippen molar-refractivity contribution in [3.63, 3.8) is 0 Å². The van der Waals surface area contributed by atoms with Crippen LogP contribution in [0.1, 0.15) is 17.3 Å². The van der Waals surface area contributed by atoms with Gasteiger partial charge in [0.05, 0.1) is 16.6 Å². The Hall–Kier alpha value is -1.95. The Balaban J connectivity index is 1.60. The molecule has 1 fully saturated rings. The molecule has 0 radical (unpaired) electrons. The van der Waals surface area contributed by atoms with Gasteiger partial charge in [0.2, 0.25) is 15.9 Å². The molecule has 160 valence electrons. The number of rotatable bonds is 6. The highest BCUT2D eigenvalue weighted by molar-refractivity contribution is 14.1. The van der Waals surface area contributed by atoms with Crippen LogP contribution in [0.25, 0.3) is 0 Å². The highest BCUT2D eigenvalue weighted by Gasteiger charge is 2.41. The third-order valence-electron chi connectivity index (χ3n) is 4.90. The summed E-state index contributed by atoms with van der Waals surface area (Å²) in [4.78, 5) is 17.9. The molecule has 31 heavy (non-hydrogen) atoms. The van der Waals surface area contributed by atoms with Crippen LogP contribution in [0.2, 0.25) is 0 Å². The molecule has 1 N–H and O–H groups in total. The summed E-state index contributed by atoms with van der Waals surface area (Å²) >= 11 is 3.46. The third kappa shape index (κ3) is 4.94. The normalized spacial score (nSPS) is 17.9. The molecule has 2 heterocycles. The number of benzene rings is 2.